The predicted octanol–water partition coefficient (Wildman–Crippen LogP) is 5.80. The lowest BCUT2D eigenvalue weighted by Crippen LogP contribution is -2.12. The van der Waals surface area contributed by atoms with Crippen molar-refractivity contribution in [2.24, 2.45) is 0 Å². The summed E-state index contributed by atoms with van der Waals surface area (Å²) in [5, 5.41) is 13.4. The van der Waals surface area contributed by atoms with Crippen LogP contribution in [0.5, 0.6) is 0 Å². The number of carbonyl (C=O) groups excluding carboxylic acids is 1. The van der Waals surface area contributed by atoms with Crippen LogP contribution in [0.4, 0.5) is 5.69 Å². The highest BCUT2D eigenvalue weighted by atomic mass is 35.5. The maximum Gasteiger partial charge on any atom is 0.291 e. The molecular weight excluding hydrogens is 371 g/mol. The molecular formula is C20H14Cl2N2O2. The smallest absolute Gasteiger partial charge is 0.291 e. The molecule has 130 valence electrons. The second kappa shape index (κ2) is 7.65. The highest BCUT2D eigenvalue weighted by Gasteiger charge is 2.19. The third-order valence-electron chi connectivity index (χ3n) is 3.98. The van der Waals surface area contributed by atoms with Gasteiger partial charge >= 0.3 is 0 Å². The average molecular weight is 385 g/mol. The van der Waals surface area contributed by atoms with E-state index in [0.717, 1.165) is 11.1 Å². The molecule has 2 aromatic carbocycles. The van der Waals surface area contributed by atoms with Gasteiger partial charge in [0.2, 0.25) is 0 Å². The molecule has 1 N–H and O–H groups in total. The first kappa shape index (κ1) is 18.1. The Morgan fingerprint density at radius 3 is 2.54 bits per heavy atom. The van der Waals surface area contributed by atoms with Gasteiger partial charge in [-0.1, -0.05) is 41.4 Å². The highest BCUT2D eigenvalue weighted by Crippen LogP contribution is 2.34. The zero-order valence-corrected chi connectivity index (χ0v) is 15.3. The standard InChI is InChI=1S/C20H14Cl2N2O2/c1-12-9-15(16(11-23)13-4-6-14(21)7-5-13)17(22)10-18(12)24-20(25)19-3-2-8-26-19/h2-10,16H,1H3,(H,24,25)/t16-/m1/s1. The molecule has 0 fully saturated rings. The van der Waals surface area contributed by atoms with E-state index in [0.29, 0.717) is 21.3 Å². The van der Waals surface area contributed by atoms with Crippen LogP contribution in [-0.2, 0) is 0 Å². The Balaban J connectivity index is 1.92. The lowest BCUT2D eigenvalue weighted by Gasteiger charge is -2.16. The van der Waals surface area contributed by atoms with Crippen LogP contribution >= 0.6 is 23.2 Å². The van der Waals surface area contributed by atoms with Gasteiger partial charge < -0.3 is 9.73 Å². The van der Waals surface area contributed by atoms with Gasteiger partial charge in [-0.3, -0.25) is 4.79 Å². The molecule has 0 aliphatic rings. The van der Waals surface area contributed by atoms with E-state index in [1.54, 1.807) is 42.5 Å². The molecule has 0 saturated heterocycles. The van der Waals surface area contributed by atoms with Crippen molar-refractivity contribution in [2.75, 3.05) is 5.32 Å². The first-order valence-corrected chi connectivity index (χ1v) is 8.55. The van der Waals surface area contributed by atoms with Gasteiger partial charge in [-0.2, -0.15) is 5.26 Å². The van der Waals surface area contributed by atoms with Crippen molar-refractivity contribution in [1.29, 1.82) is 5.26 Å². The molecule has 1 atom stereocenters. The Kier molecular flexibility index (Phi) is 5.32. The molecule has 0 aliphatic heterocycles. The lowest BCUT2D eigenvalue weighted by molar-refractivity contribution is 0.0996. The van der Waals surface area contributed by atoms with Gasteiger partial charge in [0.05, 0.1) is 18.3 Å². The van der Waals surface area contributed by atoms with E-state index in [9.17, 15) is 10.1 Å². The number of amides is 1. The normalized spacial score (nSPS) is 11.6. The van der Waals surface area contributed by atoms with Crippen molar-refractivity contribution in [3.05, 3.63) is 87.3 Å². The molecule has 0 radical (unpaired) electrons. The molecule has 1 heterocycles. The van der Waals surface area contributed by atoms with Crippen molar-refractivity contribution in [3.8, 4) is 6.07 Å². The lowest BCUT2D eigenvalue weighted by atomic mass is 9.91. The number of furan rings is 1. The number of nitrogens with zero attached hydrogens (tertiary/aromatic N) is 1. The van der Waals surface area contributed by atoms with Gasteiger partial charge in [-0.15, -0.1) is 0 Å². The Morgan fingerprint density at radius 1 is 1.19 bits per heavy atom. The van der Waals surface area contributed by atoms with E-state index in [1.165, 1.54) is 6.26 Å². The van der Waals surface area contributed by atoms with Gasteiger partial charge in [-0.25, -0.2) is 0 Å². The minimum Gasteiger partial charge on any atom is -0.459 e. The Labute approximate surface area is 161 Å². The molecule has 0 bridgehead atoms. The zero-order valence-electron chi connectivity index (χ0n) is 13.8. The Hall–Kier alpha value is -2.74. The quantitative estimate of drug-likeness (QED) is 0.617. The number of rotatable bonds is 4. The molecule has 0 spiro atoms. The second-order valence-corrected chi connectivity index (χ2v) is 6.58. The van der Waals surface area contributed by atoms with Crippen molar-refractivity contribution in [2.45, 2.75) is 12.8 Å². The van der Waals surface area contributed by atoms with Crippen LogP contribution in [0.25, 0.3) is 0 Å². The van der Waals surface area contributed by atoms with Crippen LogP contribution in [0, 0.1) is 18.3 Å². The van der Waals surface area contributed by atoms with Gasteiger partial charge in [0, 0.05) is 15.7 Å². The summed E-state index contributed by atoms with van der Waals surface area (Å²) in [7, 11) is 0. The maximum absolute atomic E-state index is 12.2. The summed E-state index contributed by atoms with van der Waals surface area (Å²) in [6, 6.07) is 16.0. The third-order valence-corrected chi connectivity index (χ3v) is 4.56. The summed E-state index contributed by atoms with van der Waals surface area (Å²) in [5.41, 5.74) is 2.82. The van der Waals surface area contributed by atoms with Crippen molar-refractivity contribution < 1.29 is 9.21 Å². The molecule has 6 heteroatoms. The van der Waals surface area contributed by atoms with Gasteiger partial charge in [0.15, 0.2) is 5.76 Å². The van der Waals surface area contributed by atoms with Crippen molar-refractivity contribution in [1.82, 2.24) is 0 Å². The number of nitriles is 1. The number of hydrogen-bond donors (Lipinski definition) is 1. The molecule has 4 nitrogen and oxygen atoms in total. The molecule has 0 aliphatic carbocycles. The van der Waals surface area contributed by atoms with Crippen molar-refractivity contribution >= 4 is 34.8 Å². The fourth-order valence-electron chi connectivity index (χ4n) is 2.63. The summed E-state index contributed by atoms with van der Waals surface area (Å²) in [6.07, 6.45) is 1.43. The number of nitrogens with one attached hydrogen (secondary N) is 1. The Bertz CT molecular complexity index is 974. The number of halogens is 2. The van der Waals surface area contributed by atoms with Gasteiger partial charge in [0.1, 0.15) is 0 Å². The summed E-state index contributed by atoms with van der Waals surface area (Å²) in [5.74, 6) is -0.689. The molecule has 3 aromatic rings. The molecule has 3 rings (SSSR count). The van der Waals surface area contributed by atoms with E-state index in [4.69, 9.17) is 27.6 Å². The molecule has 1 amide bonds. The first-order valence-electron chi connectivity index (χ1n) is 7.79. The average Bonchev–Trinajstić information content (AvgIpc) is 3.16. The maximum atomic E-state index is 12.2. The summed E-state index contributed by atoms with van der Waals surface area (Å²) >= 11 is 12.3. The van der Waals surface area contributed by atoms with E-state index in [2.05, 4.69) is 11.4 Å². The van der Waals surface area contributed by atoms with Gasteiger partial charge in [-0.05, 0) is 53.9 Å². The topological polar surface area (TPSA) is 66.0 Å². The van der Waals surface area contributed by atoms with Crippen LogP contribution in [0.2, 0.25) is 10.0 Å². The first-order chi connectivity index (χ1) is 12.5. The summed E-state index contributed by atoms with van der Waals surface area (Å²) < 4.78 is 5.09. The second-order valence-electron chi connectivity index (χ2n) is 5.73. The minimum atomic E-state index is -0.534. The number of benzene rings is 2. The summed E-state index contributed by atoms with van der Waals surface area (Å²) in [6.45, 7) is 1.84. The molecule has 0 unspecified atom stereocenters. The number of anilines is 1. The van der Waals surface area contributed by atoms with Gasteiger partial charge in [0.25, 0.3) is 5.91 Å². The van der Waals surface area contributed by atoms with E-state index in [1.807, 2.05) is 13.0 Å². The van der Waals surface area contributed by atoms with E-state index < -0.39 is 5.92 Å². The highest BCUT2D eigenvalue weighted by molar-refractivity contribution is 6.32. The molecule has 0 saturated carbocycles. The van der Waals surface area contributed by atoms with Crippen LogP contribution < -0.4 is 5.32 Å². The SMILES string of the molecule is Cc1cc([C@H](C#N)c2ccc(Cl)cc2)c(Cl)cc1NC(=O)c1ccco1. The molecule has 26 heavy (non-hydrogen) atoms. The third kappa shape index (κ3) is 3.75. The van der Waals surface area contributed by atoms with Crippen LogP contribution in [0.15, 0.2) is 59.2 Å². The van der Waals surface area contributed by atoms with Crippen LogP contribution in [-0.4, -0.2) is 5.91 Å². The van der Waals surface area contributed by atoms with Crippen molar-refractivity contribution in [3.63, 3.8) is 0 Å². The fourth-order valence-corrected chi connectivity index (χ4v) is 3.03. The predicted molar refractivity (Wildman–Crippen MR) is 102 cm³/mol. The van der Waals surface area contributed by atoms with Crippen LogP contribution in [0.1, 0.15) is 33.2 Å². The summed E-state index contributed by atoms with van der Waals surface area (Å²) in [4.78, 5) is 12.2. The van der Waals surface area contributed by atoms with E-state index >= 15 is 0 Å². The Morgan fingerprint density at radius 2 is 1.92 bits per heavy atom. The number of aryl methyl sites for hydroxylation is 1. The number of hydrogen-bond acceptors (Lipinski definition) is 3. The zero-order chi connectivity index (χ0) is 18.7. The van der Waals surface area contributed by atoms with Crippen LogP contribution in [0.3, 0.4) is 0 Å². The fraction of sp³-hybridized carbons (Fsp3) is 0.100. The largest absolute Gasteiger partial charge is 0.459 e. The molecule has 1 aromatic heterocycles. The minimum absolute atomic E-state index is 0.209. The number of carbonyl (C=O) groups is 1. The van der Waals surface area contributed by atoms with E-state index in [-0.39, 0.29) is 11.7 Å². The monoisotopic (exact) mass is 384 g/mol.